The number of carbonyl (C=O) groups is 2. The van der Waals surface area contributed by atoms with Gasteiger partial charge in [-0.15, -0.1) is 0 Å². The van der Waals surface area contributed by atoms with Gasteiger partial charge in [0.15, 0.2) is 6.61 Å². The van der Waals surface area contributed by atoms with Gasteiger partial charge in [-0.05, 0) is 30.7 Å². The van der Waals surface area contributed by atoms with Gasteiger partial charge in [0.2, 0.25) is 5.91 Å². The van der Waals surface area contributed by atoms with E-state index in [0.29, 0.717) is 37.5 Å². The van der Waals surface area contributed by atoms with Crippen molar-refractivity contribution in [2.75, 3.05) is 32.8 Å². The standard InChI is InChI=1S/C16H19N3O3/c1-13(20)18-7-2-8-19(10-9-18)16(21)12-22-15-5-3-14(11-17)4-6-15/h3-6H,2,7-10,12H2,1H3. The fraction of sp³-hybridized carbons (Fsp3) is 0.438. The van der Waals surface area contributed by atoms with Crippen molar-refractivity contribution in [1.29, 1.82) is 5.26 Å². The minimum atomic E-state index is -0.0882. The zero-order valence-electron chi connectivity index (χ0n) is 12.6. The van der Waals surface area contributed by atoms with Crippen molar-refractivity contribution in [3.63, 3.8) is 0 Å². The van der Waals surface area contributed by atoms with Crippen molar-refractivity contribution in [3.8, 4) is 11.8 Å². The van der Waals surface area contributed by atoms with Crippen LogP contribution in [-0.2, 0) is 9.59 Å². The van der Waals surface area contributed by atoms with E-state index in [0.717, 1.165) is 6.42 Å². The number of hydrogen-bond donors (Lipinski definition) is 0. The van der Waals surface area contributed by atoms with Gasteiger partial charge in [-0.25, -0.2) is 0 Å². The molecule has 2 amide bonds. The van der Waals surface area contributed by atoms with Crippen molar-refractivity contribution in [3.05, 3.63) is 29.8 Å². The minimum absolute atomic E-state index is 0.0357. The summed E-state index contributed by atoms with van der Waals surface area (Å²) in [5.41, 5.74) is 0.551. The van der Waals surface area contributed by atoms with Crippen LogP contribution < -0.4 is 4.74 Å². The smallest absolute Gasteiger partial charge is 0.260 e. The summed E-state index contributed by atoms with van der Waals surface area (Å²) in [6.07, 6.45) is 0.780. The van der Waals surface area contributed by atoms with Crippen molar-refractivity contribution in [2.24, 2.45) is 0 Å². The van der Waals surface area contributed by atoms with Gasteiger partial charge >= 0.3 is 0 Å². The van der Waals surface area contributed by atoms with Crippen LogP contribution >= 0.6 is 0 Å². The summed E-state index contributed by atoms with van der Waals surface area (Å²) < 4.78 is 5.45. The van der Waals surface area contributed by atoms with E-state index in [4.69, 9.17) is 10.00 Å². The summed E-state index contributed by atoms with van der Waals surface area (Å²) in [5.74, 6) is 0.519. The Morgan fingerprint density at radius 1 is 1.14 bits per heavy atom. The number of nitriles is 1. The molecule has 0 aliphatic carbocycles. The van der Waals surface area contributed by atoms with Crippen LogP contribution in [0, 0.1) is 11.3 Å². The first-order chi connectivity index (χ1) is 10.6. The molecule has 0 saturated carbocycles. The lowest BCUT2D eigenvalue weighted by atomic mass is 10.2. The Morgan fingerprint density at radius 2 is 1.77 bits per heavy atom. The molecular weight excluding hydrogens is 282 g/mol. The van der Waals surface area contributed by atoms with Crippen LogP contribution in [0.15, 0.2) is 24.3 Å². The molecule has 0 unspecified atom stereocenters. The number of ether oxygens (including phenoxy) is 1. The number of carbonyl (C=O) groups excluding carboxylic acids is 2. The van der Waals surface area contributed by atoms with E-state index in [1.165, 1.54) is 0 Å². The summed E-state index contributed by atoms with van der Waals surface area (Å²) in [6.45, 7) is 3.94. The third-order valence-electron chi connectivity index (χ3n) is 3.64. The molecule has 0 aromatic heterocycles. The van der Waals surface area contributed by atoms with E-state index in [-0.39, 0.29) is 18.4 Å². The molecule has 0 atom stereocenters. The lowest BCUT2D eigenvalue weighted by Gasteiger charge is -2.21. The second kappa shape index (κ2) is 7.46. The number of benzene rings is 1. The molecule has 1 saturated heterocycles. The van der Waals surface area contributed by atoms with Crippen LogP contribution in [0.4, 0.5) is 0 Å². The molecule has 6 nitrogen and oxygen atoms in total. The largest absolute Gasteiger partial charge is 0.484 e. The molecule has 0 radical (unpaired) electrons. The molecule has 1 heterocycles. The Labute approximate surface area is 129 Å². The highest BCUT2D eigenvalue weighted by Gasteiger charge is 2.20. The van der Waals surface area contributed by atoms with Crippen LogP contribution in [-0.4, -0.2) is 54.4 Å². The fourth-order valence-corrected chi connectivity index (χ4v) is 2.34. The lowest BCUT2D eigenvalue weighted by molar-refractivity contribution is -0.134. The highest BCUT2D eigenvalue weighted by atomic mass is 16.5. The monoisotopic (exact) mass is 301 g/mol. The first kappa shape index (κ1) is 15.8. The molecule has 0 N–H and O–H groups in total. The first-order valence-electron chi connectivity index (χ1n) is 7.26. The molecule has 1 aliphatic heterocycles. The predicted molar refractivity (Wildman–Crippen MR) is 80.1 cm³/mol. The molecule has 6 heteroatoms. The third kappa shape index (κ3) is 4.22. The van der Waals surface area contributed by atoms with Gasteiger partial charge in [-0.2, -0.15) is 5.26 Å². The minimum Gasteiger partial charge on any atom is -0.484 e. The maximum absolute atomic E-state index is 12.2. The maximum atomic E-state index is 12.2. The zero-order chi connectivity index (χ0) is 15.9. The molecule has 0 spiro atoms. The second-order valence-corrected chi connectivity index (χ2v) is 5.17. The molecule has 1 aliphatic rings. The molecular formula is C16H19N3O3. The Morgan fingerprint density at radius 3 is 2.41 bits per heavy atom. The van der Waals surface area contributed by atoms with E-state index in [9.17, 15) is 9.59 Å². The first-order valence-corrected chi connectivity index (χ1v) is 7.26. The maximum Gasteiger partial charge on any atom is 0.260 e. The topological polar surface area (TPSA) is 73.6 Å². The predicted octanol–water partition coefficient (Wildman–Crippen LogP) is 1.02. The number of hydrogen-bond acceptors (Lipinski definition) is 4. The van der Waals surface area contributed by atoms with Crippen molar-refractivity contribution in [1.82, 2.24) is 9.80 Å². The van der Waals surface area contributed by atoms with E-state index in [1.54, 1.807) is 41.0 Å². The number of amides is 2. The summed E-state index contributed by atoms with van der Waals surface area (Å²) in [7, 11) is 0. The molecule has 0 bridgehead atoms. The summed E-state index contributed by atoms with van der Waals surface area (Å²) >= 11 is 0. The van der Waals surface area contributed by atoms with Gasteiger partial charge in [0.1, 0.15) is 5.75 Å². The molecule has 1 fully saturated rings. The normalized spacial score (nSPS) is 14.9. The van der Waals surface area contributed by atoms with Crippen molar-refractivity contribution in [2.45, 2.75) is 13.3 Å². The molecule has 116 valence electrons. The van der Waals surface area contributed by atoms with Crippen LogP contribution in [0.2, 0.25) is 0 Å². The highest BCUT2D eigenvalue weighted by Crippen LogP contribution is 2.12. The SMILES string of the molecule is CC(=O)N1CCCN(C(=O)COc2ccc(C#N)cc2)CC1. The van der Waals surface area contributed by atoms with E-state index < -0.39 is 0 Å². The van der Waals surface area contributed by atoms with E-state index in [2.05, 4.69) is 0 Å². The van der Waals surface area contributed by atoms with Gasteiger partial charge in [-0.1, -0.05) is 0 Å². The van der Waals surface area contributed by atoms with Crippen LogP contribution in [0.3, 0.4) is 0 Å². The van der Waals surface area contributed by atoms with Gasteiger partial charge in [0.25, 0.3) is 5.91 Å². The lowest BCUT2D eigenvalue weighted by Crippen LogP contribution is -2.38. The molecule has 22 heavy (non-hydrogen) atoms. The Kier molecular flexibility index (Phi) is 5.37. The van der Waals surface area contributed by atoms with Crippen molar-refractivity contribution < 1.29 is 14.3 Å². The van der Waals surface area contributed by atoms with Gasteiger partial charge < -0.3 is 14.5 Å². The van der Waals surface area contributed by atoms with Crippen LogP contribution in [0.25, 0.3) is 0 Å². The summed E-state index contributed by atoms with van der Waals surface area (Å²) in [6, 6.07) is 8.67. The van der Waals surface area contributed by atoms with Gasteiger partial charge in [-0.3, -0.25) is 9.59 Å². The Hall–Kier alpha value is -2.55. The second-order valence-electron chi connectivity index (χ2n) is 5.17. The number of rotatable bonds is 3. The Bertz CT molecular complexity index is 577. The van der Waals surface area contributed by atoms with Crippen LogP contribution in [0.1, 0.15) is 18.9 Å². The number of nitrogens with zero attached hydrogens (tertiary/aromatic N) is 3. The molecule has 1 aromatic rings. The fourth-order valence-electron chi connectivity index (χ4n) is 2.34. The quantitative estimate of drug-likeness (QED) is 0.835. The van der Waals surface area contributed by atoms with Crippen molar-refractivity contribution >= 4 is 11.8 Å². The highest BCUT2D eigenvalue weighted by molar-refractivity contribution is 5.78. The molecule has 2 rings (SSSR count). The van der Waals surface area contributed by atoms with E-state index >= 15 is 0 Å². The average molecular weight is 301 g/mol. The average Bonchev–Trinajstić information content (AvgIpc) is 2.79. The third-order valence-corrected chi connectivity index (χ3v) is 3.64. The summed E-state index contributed by atoms with van der Waals surface area (Å²) in [4.78, 5) is 27.0. The van der Waals surface area contributed by atoms with Gasteiger partial charge in [0.05, 0.1) is 11.6 Å². The zero-order valence-corrected chi connectivity index (χ0v) is 12.6. The van der Waals surface area contributed by atoms with E-state index in [1.807, 2.05) is 6.07 Å². The molecule has 1 aromatic carbocycles. The van der Waals surface area contributed by atoms with Crippen LogP contribution in [0.5, 0.6) is 5.75 Å². The summed E-state index contributed by atoms with van der Waals surface area (Å²) in [5, 5.41) is 8.72. The van der Waals surface area contributed by atoms with Gasteiger partial charge in [0, 0.05) is 33.1 Å². The Balaban J connectivity index is 1.84.